The number of methoxy groups -OCH3 is 1. The number of hydrogen-bond acceptors (Lipinski definition) is 3. The molecule has 0 N–H and O–H groups in total. The van der Waals surface area contributed by atoms with Gasteiger partial charge in [0.25, 0.3) is 0 Å². The zero-order valence-corrected chi connectivity index (χ0v) is 13.8. The number of nitrogens with zero attached hydrogens (tertiary/aromatic N) is 2. The molecule has 0 saturated heterocycles. The monoisotopic (exact) mass is 311 g/mol. The summed E-state index contributed by atoms with van der Waals surface area (Å²) in [6.45, 7) is 9.57. The van der Waals surface area contributed by atoms with Crippen molar-refractivity contribution in [2.45, 2.75) is 45.7 Å². The molecule has 0 unspecified atom stereocenters. The first-order valence-electron chi connectivity index (χ1n) is 5.72. The van der Waals surface area contributed by atoms with Crippen molar-refractivity contribution >= 4 is 24.2 Å². The Morgan fingerprint density at radius 3 is 1.94 bits per heavy atom. The Labute approximate surface area is 117 Å². The Bertz CT molecular complexity index is 382. The average Bonchev–Trinajstić information content (AvgIpc) is 2.26. The maximum absolute atomic E-state index is 11.8. The van der Waals surface area contributed by atoms with Crippen molar-refractivity contribution in [2.24, 2.45) is 0 Å². The second-order valence-electron chi connectivity index (χ2n) is 4.62. The SMILES string of the molecule is COC(=O)C(=[N+]=[N-])[Si](O[C](C)=[Mn])(C(C)C)C(C)C. The van der Waals surface area contributed by atoms with Crippen LogP contribution in [0.5, 0.6) is 0 Å². The first kappa shape index (κ1) is 17.4. The molecule has 0 spiro atoms. The molecule has 0 atom stereocenters. The van der Waals surface area contributed by atoms with Crippen LogP contribution in [0.4, 0.5) is 0 Å². The van der Waals surface area contributed by atoms with Crippen molar-refractivity contribution in [1.29, 1.82) is 0 Å². The summed E-state index contributed by atoms with van der Waals surface area (Å²) >= 11 is 3.26. The number of hydrogen-bond donors (Lipinski definition) is 0. The van der Waals surface area contributed by atoms with Crippen LogP contribution < -0.4 is 0 Å². The zero-order valence-electron chi connectivity index (χ0n) is 11.7. The van der Waals surface area contributed by atoms with Gasteiger partial charge in [0, 0.05) is 0 Å². The molecule has 0 amide bonds. The van der Waals surface area contributed by atoms with Gasteiger partial charge in [-0.05, 0) is 0 Å². The second-order valence-corrected chi connectivity index (χ2v) is 10.0. The Balaban J connectivity index is 5.92. The molecular formula is C11H20MnN2O3Si. The van der Waals surface area contributed by atoms with Crippen LogP contribution in [0.15, 0.2) is 0 Å². The van der Waals surface area contributed by atoms with E-state index in [0.717, 1.165) is 0 Å². The second kappa shape index (κ2) is 7.12. The van der Waals surface area contributed by atoms with E-state index in [1.807, 2.05) is 27.7 Å². The van der Waals surface area contributed by atoms with Gasteiger partial charge in [-0.25, -0.2) is 0 Å². The number of ether oxygens (including phenoxy) is 1. The van der Waals surface area contributed by atoms with Crippen LogP contribution in [0.25, 0.3) is 5.53 Å². The van der Waals surface area contributed by atoms with Crippen molar-refractivity contribution in [1.82, 2.24) is 0 Å². The van der Waals surface area contributed by atoms with Gasteiger partial charge < -0.3 is 0 Å². The molecule has 103 valence electrons. The number of carbonyl (C=O) groups excluding carboxylic acids is 1. The summed E-state index contributed by atoms with van der Waals surface area (Å²) in [6.07, 6.45) is 0. The van der Waals surface area contributed by atoms with Crippen LogP contribution in [0.2, 0.25) is 11.1 Å². The predicted octanol–water partition coefficient (Wildman–Crippen LogP) is 1.85. The molecule has 0 radical (unpaired) electrons. The van der Waals surface area contributed by atoms with E-state index >= 15 is 0 Å². The van der Waals surface area contributed by atoms with Gasteiger partial charge in [0.1, 0.15) is 0 Å². The van der Waals surface area contributed by atoms with Crippen molar-refractivity contribution in [3.05, 3.63) is 5.53 Å². The summed E-state index contributed by atoms with van der Waals surface area (Å²) < 4.78 is 11.2. The third kappa shape index (κ3) is 3.46. The fourth-order valence-electron chi connectivity index (χ4n) is 2.11. The summed E-state index contributed by atoms with van der Waals surface area (Å²) in [7, 11) is -1.52. The zero-order chi connectivity index (χ0) is 14.5. The molecule has 7 heteroatoms. The fourth-order valence-corrected chi connectivity index (χ4v) is 6.74. The summed E-state index contributed by atoms with van der Waals surface area (Å²) in [5, 5.41) is 0.00815. The number of carbonyl (C=O) groups is 1. The average molecular weight is 311 g/mol. The topological polar surface area (TPSA) is 71.9 Å². The third-order valence-electron chi connectivity index (χ3n) is 2.87. The van der Waals surface area contributed by atoms with Crippen molar-refractivity contribution < 1.29 is 34.3 Å². The van der Waals surface area contributed by atoms with Gasteiger partial charge in [0.15, 0.2) is 0 Å². The molecule has 18 heavy (non-hydrogen) atoms. The molecular weight excluding hydrogens is 291 g/mol. The van der Waals surface area contributed by atoms with E-state index in [4.69, 9.17) is 9.16 Å². The Morgan fingerprint density at radius 1 is 1.28 bits per heavy atom. The van der Waals surface area contributed by atoms with Crippen LogP contribution in [-0.4, -0.2) is 36.1 Å². The molecule has 0 rings (SSSR count). The van der Waals surface area contributed by atoms with Crippen molar-refractivity contribution in [2.75, 3.05) is 7.11 Å². The summed E-state index contributed by atoms with van der Waals surface area (Å²) in [4.78, 5) is 15.0. The van der Waals surface area contributed by atoms with Gasteiger partial charge >= 0.3 is 117 Å². The standard InChI is InChI=1S/C11H20N2O3Si.Mn/c1-7-16-17(8(2)3,9(4)5)10(13-12)11(14)15-6;/h8-9H,1-6H3;. The molecule has 0 bridgehead atoms. The quantitative estimate of drug-likeness (QED) is 0.247. The number of esters is 1. The third-order valence-corrected chi connectivity index (χ3v) is 8.33. The van der Waals surface area contributed by atoms with Crippen LogP contribution in [-0.2, 0) is 29.5 Å². The summed E-state index contributed by atoms with van der Waals surface area (Å²) in [5.41, 5.74) is 9.29. The van der Waals surface area contributed by atoms with E-state index < -0.39 is 14.3 Å². The van der Waals surface area contributed by atoms with Crippen molar-refractivity contribution in [3.8, 4) is 0 Å². The minimum absolute atomic E-state index is 0.00815. The van der Waals surface area contributed by atoms with E-state index in [0.29, 0.717) is 4.60 Å². The predicted molar refractivity (Wildman–Crippen MR) is 68.4 cm³/mol. The molecule has 0 fully saturated rings. The van der Waals surface area contributed by atoms with E-state index in [2.05, 4.69) is 20.4 Å². The number of rotatable bonds is 6. The van der Waals surface area contributed by atoms with Gasteiger partial charge in [-0.2, -0.15) is 0 Å². The molecule has 0 aromatic rings. The minimum atomic E-state index is -2.79. The molecule has 0 aliphatic heterocycles. The van der Waals surface area contributed by atoms with Crippen LogP contribution in [0.1, 0.15) is 34.6 Å². The molecule has 0 aromatic heterocycles. The van der Waals surface area contributed by atoms with Gasteiger partial charge in [-0.1, -0.05) is 0 Å². The Kier molecular flexibility index (Phi) is 6.88. The normalized spacial score (nSPS) is 11.3. The summed E-state index contributed by atoms with van der Waals surface area (Å²) in [6, 6.07) is 0. The molecule has 0 aromatic carbocycles. The first-order valence-corrected chi connectivity index (χ1v) is 8.38. The molecule has 5 nitrogen and oxygen atoms in total. The van der Waals surface area contributed by atoms with Gasteiger partial charge in [0.05, 0.1) is 0 Å². The summed E-state index contributed by atoms with van der Waals surface area (Å²) in [5.74, 6) is -0.639. The maximum atomic E-state index is 11.8. The first-order chi connectivity index (χ1) is 8.23. The Morgan fingerprint density at radius 2 is 1.72 bits per heavy atom. The Hall–Kier alpha value is -0.584. The van der Waals surface area contributed by atoms with E-state index in [1.54, 1.807) is 6.92 Å². The van der Waals surface area contributed by atoms with Crippen molar-refractivity contribution in [3.63, 3.8) is 0 Å². The van der Waals surface area contributed by atoms with Gasteiger partial charge in [-0.15, -0.1) is 0 Å². The van der Waals surface area contributed by atoms with Crippen LogP contribution in [0, 0.1) is 0 Å². The molecule has 0 aliphatic rings. The molecule has 0 aliphatic carbocycles. The fraction of sp³-hybridized carbons (Fsp3) is 0.727. The van der Waals surface area contributed by atoms with Gasteiger partial charge in [-0.3, -0.25) is 0 Å². The van der Waals surface area contributed by atoms with Crippen LogP contribution in [0.3, 0.4) is 0 Å². The molecule has 0 heterocycles. The molecule has 0 saturated carbocycles. The van der Waals surface area contributed by atoms with Gasteiger partial charge in [0.2, 0.25) is 0 Å². The van der Waals surface area contributed by atoms with Crippen LogP contribution >= 0.6 is 0 Å². The van der Waals surface area contributed by atoms with E-state index in [1.165, 1.54) is 7.11 Å². The van der Waals surface area contributed by atoms with E-state index in [9.17, 15) is 10.3 Å². The van der Waals surface area contributed by atoms with E-state index in [-0.39, 0.29) is 16.4 Å².